The van der Waals surface area contributed by atoms with Crippen LogP contribution in [0.3, 0.4) is 0 Å². The van der Waals surface area contributed by atoms with Crippen LogP contribution in [-0.4, -0.2) is 38.6 Å². The standard InChI is InChI=1S/C14H13N3O4/c18-10-3-1-9(2-4-10)5-6-17-13(19)11-12(14(20)21)16-8-7-15-11/h1-4,7-8,18H,5-6H2,(H,17,19)(H,20,21). The Balaban J connectivity index is 1.96. The lowest BCUT2D eigenvalue weighted by Crippen LogP contribution is -2.28. The van der Waals surface area contributed by atoms with Crippen molar-refractivity contribution in [1.82, 2.24) is 15.3 Å². The average molecular weight is 287 g/mol. The molecule has 7 nitrogen and oxygen atoms in total. The summed E-state index contributed by atoms with van der Waals surface area (Å²) >= 11 is 0. The molecule has 1 aromatic carbocycles. The molecule has 2 aromatic rings. The molecule has 1 amide bonds. The monoisotopic (exact) mass is 287 g/mol. The van der Waals surface area contributed by atoms with Gasteiger partial charge in [0.15, 0.2) is 11.4 Å². The number of phenolic OH excluding ortho intramolecular Hbond substituents is 1. The number of rotatable bonds is 5. The van der Waals surface area contributed by atoms with E-state index >= 15 is 0 Å². The summed E-state index contributed by atoms with van der Waals surface area (Å²) < 4.78 is 0. The van der Waals surface area contributed by atoms with Crippen molar-refractivity contribution in [3.05, 3.63) is 53.6 Å². The number of carboxylic acid groups (broad SMARTS) is 1. The molecule has 0 spiro atoms. The van der Waals surface area contributed by atoms with E-state index in [1.807, 2.05) is 0 Å². The van der Waals surface area contributed by atoms with E-state index in [9.17, 15) is 9.59 Å². The summed E-state index contributed by atoms with van der Waals surface area (Å²) in [4.78, 5) is 30.2. The summed E-state index contributed by atoms with van der Waals surface area (Å²) in [5.74, 6) is -1.71. The third-order valence-electron chi connectivity index (χ3n) is 2.75. The third kappa shape index (κ3) is 3.75. The van der Waals surface area contributed by atoms with Crippen molar-refractivity contribution < 1.29 is 19.8 Å². The van der Waals surface area contributed by atoms with Crippen molar-refractivity contribution in [1.29, 1.82) is 0 Å². The molecule has 0 saturated carbocycles. The Hall–Kier alpha value is -2.96. The van der Waals surface area contributed by atoms with Crippen molar-refractivity contribution >= 4 is 11.9 Å². The molecule has 0 unspecified atom stereocenters. The SMILES string of the molecule is O=C(O)c1nccnc1C(=O)NCCc1ccc(O)cc1. The lowest BCUT2D eigenvalue weighted by Gasteiger charge is -2.06. The second-order valence-corrected chi connectivity index (χ2v) is 4.23. The van der Waals surface area contributed by atoms with Gasteiger partial charge in [-0.15, -0.1) is 0 Å². The molecule has 1 aromatic heterocycles. The van der Waals surface area contributed by atoms with Crippen LogP contribution in [0.25, 0.3) is 0 Å². The van der Waals surface area contributed by atoms with E-state index in [1.54, 1.807) is 24.3 Å². The van der Waals surface area contributed by atoms with Crippen LogP contribution in [-0.2, 0) is 6.42 Å². The quantitative estimate of drug-likeness (QED) is 0.751. The van der Waals surface area contributed by atoms with Crippen molar-refractivity contribution in [2.45, 2.75) is 6.42 Å². The normalized spacial score (nSPS) is 10.1. The van der Waals surface area contributed by atoms with Gasteiger partial charge in [-0.25, -0.2) is 14.8 Å². The van der Waals surface area contributed by atoms with Crippen LogP contribution >= 0.6 is 0 Å². The predicted octanol–water partition coefficient (Wildman–Crippen LogP) is 0.853. The Kier molecular flexibility index (Phi) is 4.45. The lowest BCUT2D eigenvalue weighted by molar-refractivity contribution is 0.0683. The molecule has 2 rings (SSSR count). The first kappa shape index (κ1) is 14.4. The highest BCUT2D eigenvalue weighted by Crippen LogP contribution is 2.09. The summed E-state index contributed by atoms with van der Waals surface area (Å²) in [5, 5.41) is 20.7. The number of aromatic carboxylic acids is 1. The molecule has 1 heterocycles. The molecule has 0 atom stereocenters. The van der Waals surface area contributed by atoms with Gasteiger partial charge in [0, 0.05) is 18.9 Å². The van der Waals surface area contributed by atoms with E-state index in [0.29, 0.717) is 13.0 Å². The molecule has 0 aliphatic rings. The summed E-state index contributed by atoms with van der Waals surface area (Å²) in [5.41, 5.74) is 0.348. The minimum absolute atomic E-state index is 0.174. The van der Waals surface area contributed by atoms with E-state index in [4.69, 9.17) is 10.2 Å². The van der Waals surface area contributed by atoms with Crippen LogP contribution in [0.2, 0.25) is 0 Å². The minimum atomic E-state index is -1.30. The smallest absolute Gasteiger partial charge is 0.356 e. The fourth-order valence-corrected chi connectivity index (χ4v) is 1.73. The average Bonchev–Trinajstić information content (AvgIpc) is 2.49. The maximum absolute atomic E-state index is 11.9. The Labute approximate surface area is 120 Å². The van der Waals surface area contributed by atoms with Crippen molar-refractivity contribution in [3.8, 4) is 5.75 Å². The zero-order valence-electron chi connectivity index (χ0n) is 11.0. The molecule has 0 bridgehead atoms. The van der Waals surface area contributed by atoms with E-state index in [1.165, 1.54) is 12.4 Å². The maximum Gasteiger partial charge on any atom is 0.356 e. The first-order valence-electron chi connectivity index (χ1n) is 6.18. The van der Waals surface area contributed by atoms with Crippen molar-refractivity contribution in [2.75, 3.05) is 6.54 Å². The maximum atomic E-state index is 11.9. The van der Waals surface area contributed by atoms with Gasteiger partial charge in [0.1, 0.15) is 5.75 Å². The predicted molar refractivity (Wildman–Crippen MR) is 73.1 cm³/mol. The Morgan fingerprint density at radius 3 is 2.29 bits per heavy atom. The molecule has 3 N–H and O–H groups in total. The van der Waals surface area contributed by atoms with Gasteiger partial charge in [-0.1, -0.05) is 12.1 Å². The van der Waals surface area contributed by atoms with Crippen LogP contribution < -0.4 is 5.32 Å². The second-order valence-electron chi connectivity index (χ2n) is 4.23. The molecular formula is C14H13N3O4. The van der Waals surface area contributed by atoms with Crippen molar-refractivity contribution in [2.24, 2.45) is 0 Å². The van der Waals surface area contributed by atoms with Gasteiger partial charge in [-0.2, -0.15) is 0 Å². The van der Waals surface area contributed by atoms with E-state index in [2.05, 4.69) is 15.3 Å². The Morgan fingerprint density at radius 2 is 1.67 bits per heavy atom. The fourth-order valence-electron chi connectivity index (χ4n) is 1.73. The lowest BCUT2D eigenvalue weighted by atomic mass is 10.1. The van der Waals surface area contributed by atoms with E-state index in [0.717, 1.165) is 5.56 Å². The number of nitrogens with zero attached hydrogens (tertiary/aromatic N) is 2. The fraction of sp³-hybridized carbons (Fsp3) is 0.143. The number of carbonyl (C=O) groups excluding carboxylic acids is 1. The number of hydrogen-bond donors (Lipinski definition) is 3. The van der Waals surface area contributed by atoms with Gasteiger partial charge >= 0.3 is 5.97 Å². The summed E-state index contributed by atoms with van der Waals surface area (Å²) in [6.07, 6.45) is 3.03. The van der Waals surface area contributed by atoms with Gasteiger partial charge in [0.25, 0.3) is 5.91 Å². The van der Waals surface area contributed by atoms with E-state index < -0.39 is 11.9 Å². The molecule has 21 heavy (non-hydrogen) atoms. The second kappa shape index (κ2) is 6.47. The van der Waals surface area contributed by atoms with Crippen molar-refractivity contribution in [3.63, 3.8) is 0 Å². The van der Waals surface area contributed by atoms with Crippen LogP contribution in [0.1, 0.15) is 26.5 Å². The molecule has 108 valence electrons. The minimum Gasteiger partial charge on any atom is -0.508 e. The number of amides is 1. The third-order valence-corrected chi connectivity index (χ3v) is 2.75. The number of hydrogen-bond acceptors (Lipinski definition) is 5. The molecule has 0 aliphatic heterocycles. The number of benzene rings is 1. The molecule has 0 radical (unpaired) electrons. The summed E-state index contributed by atoms with van der Waals surface area (Å²) in [6, 6.07) is 6.60. The van der Waals surface area contributed by atoms with Crippen LogP contribution in [0.4, 0.5) is 0 Å². The Morgan fingerprint density at radius 1 is 1.05 bits per heavy atom. The molecule has 0 saturated heterocycles. The number of aromatic hydroxyl groups is 1. The van der Waals surface area contributed by atoms with Crippen LogP contribution in [0.5, 0.6) is 5.75 Å². The highest BCUT2D eigenvalue weighted by atomic mass is 16.4. The largest absolute Gasteiger partial charge is 0.508 e. The summed E-state index contributed by atoms with van der Waals surface area (Å²) in [7, 11) is 0. The number of carbonyl (C=O) groups is 2. The molecule has 0 fully saturated rings. The molecular weight excluding hydrogens is 274 g/mol. The highest BCUT2D eigenvalue weighted by Gasteiger charge is 2.18. The zero-order valence-corrected chi connectivity index (χ0v) is 11.0. The molecule has 7 heteroatoms. The van der Waals surface area contributed by atoms with Crippen LogP contribution in [0, 0.1) is 0 Å². The van der Waals surface area contributed by atoms with Gasteiger partial charge in [0.05, 0.1) is 0 Å². The topological polar surface area (TPSA) is 112 Å². The number of carboxylic acids is 1. The Bertz CT molecular complexity index is 656. The van der Waals surface area contributed by atoms with Gasteiger partial charge < -0.3 is 15.5 Å². The number of phenols is 1. The highest BCUT2D eigenvalue weighted by molar-refractivity contribution is 6.01. The van der Waals surface area contributed by atoms with E-state index in [-0.39, 0.29) is 17.1 Å². The molecule has 0 aliphatic carbocycles. The van der Waals surface area contributed by atoms with Gasteiger partial charge in [0.2, 0.25) is 0 Å². The number of nitrogens with one attached hydrogen (secondary N) is 1. The first-order valence-corrected chi connectivity index (χ1v) is 6.18. The zero-order chi connectivity index (χ0) is 15.2. The van der Waals surface area contributed by atoms with Gasteiger partial charge in [-0.05, 0) is 24.1 Å². The first-order chi connectivity index (χ1) is 10.1. The summed E-state index contributed by atoms with van der Waals surface area (Å²) in [6.45, 7) is 0.319. The van der Waals surface area contributed by atoms with Crippen LogP contribution in [0.15, 0.2) is 36.7 Å². The van der Waals surface area contributed by atoms with Gasteiger partial charge in [-0.3, -0.25) is 4.79 Å². The number of aromatic nitrogens is 2.